The molecule has 0 aromatic carbocycles. The summed E-state index contributed by atoms with van der Waals surface area (Å²) >= 11 is 0. The number of aliphatic hydroxyl groups excluding tert-OH is 1. The van der Waals surface area contributed by atoms with Crippen LogP contribution in [-0.2, 0) is 0 Å². The van der Waals surface area contributed by atoms with Crippen LogP contribution in [0.25, 0.3) is 0 Å². The molecule has 1 fully saturated rings. The molecule has 1 N–H and O–H groups in total. The van der Waals surface area contributed by atoms with Gasteiger partial charge in [-0.2, -0.15) is 0 Å². The maximum atomic E-state index is 10.7. The fourth-order valence-corrected chi connectivity index (χ4v) is 3.37. The molecule has 0 saturated heterocycles. The number of hydrogen-bond acceptors (Lipinski definition) is 2. The molecule has 18 heavy (non-hydrogen) atoms. The van der Waals surface area contributed by atoms with Gasteiger partial charge in [0.1, 0.15) is 0 Å². The number of aliphatic hydroxyl groups is 1. The molecular weight excluding hydrogens is 222 g/mol. The SMILES string of the molecule is CC(c1ccncc1)C(O)C1CCCCC1(C)C. The van der Waals surface area contributed by atoms with Gasteiger partial charge in [-0.15, -0.1) is 0 Å². The van der Waals surface area contributed by atoms with Crippen LogP contribution in [0.3, 0.4) is 0 Å². The molecule has 3 atom stereocenters. The summed E-state index contributed by atoms with van der Waals surface area (Å²) in [6.07, 6.45) is 8.33. The highest BCUT2D eigenvalue weighted by Gasteiger charge is 2.39. The summed E-state index contributed by atoms with van der Waals surface area (Å²) < 4.78 is 0. The molecule has 1 aliphatic carbocycles. The Bertz CT molecular complexity index is 374. The first-order valence-electron chi connectivity index (χ1n) is 7.10. The van der Waals surface area contributed by atoms with Gasteiger partial charge in [0, 0.05) is 18.3 Å². The number of rotatable bonds is 3. The second-order valence-corrected chi connectivity index (χ2v) is 6.40. The van der Waals surface area contributed by atoms with Crippen LogP contribution in [0.2, 0.25) is 0 Å². The normalized spacial score (nSPS) is 26.6. The Balaban J connectivity index is 2.13. The molecule has 0 spiro atoms. The highest BCUT2D eigenvalue weighted by molar-refractivity contribution is 5.17. The van der Waals surface area contributed by atoms with E-state index in [1.165, 1.54) is 24.8 Å². The third-order valence-electron chi connectivity index (χ3n) is 4.75. The fraction of sp³-hybridized carbons (Fsp3) is 0.688. The van der Waals surface area contributed by atoms with Gasteiger partial charge in [0.15, 0.2) is 0 Å². The Morgan fingerprint density at radius 2 is 1.94 bits per heavy atom. The van der Waals surface area contributed by atoms with Gasteiger partial charge in [-0.3, -0.25) is 4.98 Å². The van der Waals surface area contributed by atoms with Crippen LogP contribution in [0.1, 0.15) is 57.9 Å². The highest BCUT2D eigenvalue weighted by atomic mass is 16.3. The van der Waals surface area contributed by atoms with E-state index >= 15 is 0 Å². The van der Waals surface area contributed by atoms with Crippen molar-refractivity contribution in [3.8, 4) is 0 Å². The van der Waals surface area contributed by atoms with E-state index in [4.69, 9.17) is 0 Å². The van der Waals surface area contributed by atoms with Crippen molar-refractivity contribution in [1.82, 2.24) is 4.98 Å². The molecule has 1 aromatic heterocycles. The lowest BCUT2D eigenvalue weighted by Crippen LogP contribution is -2.39. The molecule has 0 bridgehead atoms. The smallest absolute Gasteiger partial charge is 0.0639 e. The summed E-state index contributed by atoms with van der Waals surface area (Å²) in [5.74, 6) is 0.602. The summed E-state index contributed by atoms with van der Waals surface area (Å²) in [5.41, 5.74) is 1.46. The standard InChI is InChI=1S/C16H25NO/c1-12(13-7-10-17-11-8-13)15(18)14-6-4-5-9-16(14,2)3/h7-8,10-12,14-15,18H,4-6,9H2,1-3H3. The van der Waals surface area contributed by atoms with E-state index in [1.807, 2.05) is 24.5 Å². The van der Waals surface area contributed by atoms with Gasteiger partial charge in [0.25, 0.3) is 0 Å². The predicted octanol–water partition coefficient (Wildman–Crippen LogP) is 3.76. The van der Waals surface area contributed by atoms with Crippen LogP contribution in [0.5, 0.6) is 0 Å². The van der Waals surface area contributed by atoms with Crippen molar-refractivity contribution in [1.29, 1.82) is 0 Å². The van der Waals surface area contributed by atoms with Crippen molar-refractivity contribution in [3.05, 3.63) is 30.1 Å². The zero-order valence-corrected chi connectivity index (χ0v) is 11.8. The molecule has 0 radical (unpaired) electrons. The maximum Gasteiger partial charge on any atom is 0.0639 e. The molecule has 1 heterocycles. The first-order valence-corrected chi connectivity index (χ1v) is 7.10. The van der Waals surface area contributed by atoms with Crippen LogP contribution < -0.4 is 0 Å². The minimum Gasteiger partial charge on any atom is -0.392 e. The molecule has 2 nitrogen and oxygen atoms in total. The summed E-state index contributed by atoms with van der Waals surface area (Å²) in [6, 6.07) is 4.04. The van der Waals surface area contributed by atoms with Crippen molar-refractivity contribution >= 4 is 0 Å². The van der Waals surface area contributed by atoms with Gasteiger partial charge in [0.2, 0.25) is 0 Å². The van der Waals surface area contributed by atoms with E-state index in [9.17, 15) is 5.11 Å². The molecule has 0 aliphatic heterocycles. The fourth-order valence-electron chi connectivity index (χ4n) is 3.37. The second-order valence-electron chi connectivity index (χ2n) is 6.40. The third kappa shape index (κ3) is 2.74. The second kappa shape index (κ2) is 5.40. The Hall–Kier alpha value is -0.890. The van der Waals surface area contributed by atoms with Crippen LogP contribution in [0.15, 0.2) is 24.5 Å². The van der Waals surface area contributed by atoms with E-state index in [0.29, 0.717) is 5.92 Å². The molecular formula is C16H25NO. The number of aromatic nitrogens is 1. The Morgan fingerprint density at radius 3 is 2.56 bits per heavy atom. The lowest BCUT2D eigenvalue weighted by atomic mass is 9.64. The minimum atomic E-state index is -0.248. The Labute approximate surface area is 110 Å². The lowest BCUT2D eigenvalue weighted by Gasteiger charge is -2.43. The van der Waals surface area contributed by atoms with Gasteiger partial charge in [-0.05, 0) is 41.9 Å². The van der Waals surface area contributed by atoms with Gasteiger partial charge < -0.3 is 5.11 Å². The molecule has 2 heteroatoms. The monoisotopic (exact) mass is 247 g/mol. The Kier molecular flexibility index (Phi) is 4.06. The molecule has 2 rings (SSSR count). The summed E-state index contributed by atoms with van der Waals surface area (Å²) in [7, 11) is 0. The number of pyridine rings is 1. The predicted molar refractivity (Wildman–Crippen MR) is 74.4 cm³/mol. The highest BCUT2D eigenvalue weighted by Crippen LogP contribution is 2.45. The molecule has 0 amide bonds. The first-order chi connectivity index (χ1) is 8.52. The quantitative estimate of drug-likeness (QED) is 0.882. The van der Waals surface area contributed by atoms with E-state index < -0.39 is 0 Å². The molecule has 1 aliphatic rings. The van der Waals surface area contributed by atoms with Crippen molar-refractivity contribution in [2.45, 2.75) is 58.5 Å². The van der Waals surface area contributed by atoms with Crippen LogP contribution in [0, 0.1) is 11.3 Å². The molecule has 1 aromatic rings. The minimum absolute atomic E-state index is 0.190. The average molecular weight is 247 g/mol. The number of hydrogen-bond donors (Lipinski definition) is 1. The maximum absolute atomic E-state index is 10.7. The average Bonchev–Trinajstić information content (AvgIpc) is 2.37. The van der Waals surface area contributed by atoms with E-state index in [1.54, 1.807) is 0 Å². The van der Waals surface area contributed by atoms with Crippen molar-refractivity contribution in [3.63, 3.8) is 0 Å². The van der Waals surface area contributed by atoms with E-state index in [0.717, 1.165) is 6.42 Å². The van der Waals surface area contributed by atoms with E-state index in [-0.39, 0.29) is 17.4 Å². The molecule has 100 valence electrons. The van der Waals surface area contributed by atoms with Gasteiger partial charge in [0.05, 0.1) is 6.10 Å². The van der Waals surface area contributed by atoms with Crippen molar-refractivity contribution in [2.75, 3.05) is 0 Å². The summed E-state index contributed by atoms with van der Waals surface area (Å²) in [4.78, 5) is 4.05. The zero-order chi connectivity index (χ0) is 13.2. The molecule has 1 saturated carbocycles. The largest absolute Gasteiger partial charge is 0.392 e. The molecule has 3 unspecified atom stereocenters. The van der Waals surface area contributed by atoms with Crippen LogP contribution in [0.4, 0.5) is 0 Å². The van der Waals surface area contributed by atoms with Gasteiger partial charge in [-0.1, -0.05) is 33.6 Å². The van der Waals surface area contributed by atoms with Gasteiger partial charge >= 0.3 is 0 Å². The topological polar surface area (TPSA) is 33.1 Å². The summed E-state index contributed by atoms with van der Waals surface area (Å²) in [5, 5.41) is 10.7. The van der Waals surface area contributed by atoms with E-state index in [2.05, 4.69) is 25.8 Å². The first kappa shape index (κ1) is 13.5. The zero-order valence-electron chi connectivity index (χ0n) is 11.8. The number of nitrogens with zero attached hydrogens (tertiary/aromatic N) is 1. The summed E-state index contributed by atoms with van der Waals surface area (Å²) in [6.45, 7) is 6.74. The lowest BCUT2D eigenvalue weighted by molar-refractivity contribution is -0.00733. The third-order valence-corrected chi connectivity index (χ3v) is 4.75. The van der Waals surface area contributed by atoms with Crippen LogP contribution >= 0.6 is 0 Å². The van der Waals surface area contributed by atoms with Crippen LogP contribution in [-0.4, -0.2) is 16.2 Å². The van der Waals surface area contributed by atoms with Gasteiger partial charge in [-0.25, -0.2) is 0 Å². The Morgan fingerprint density at radius 1 is 1.28 bits per heavy atom. The van der Waals surface area contributed by atoms with Crippen molar-refractivity contribution < 1.29 is 5.11 Å². The van der Waals surface area contributed by atoms with Crippen molar-refractivity contribution in [2.24, 2.45) is 11.3 Å².